The highest BCUT2D eigenvalue weighted by Gasteiger charge is 2.42. The van der Waals surface area contributed by atoms with Crippen LogP contribution in [0.4, 0.5) is 4.39 Å². The lowest BCUT2D eigenvalue weighted by Gasteiger charge is -2.28. The van der Waals surface area contributed by atoms with Gasteiger partial charge in [0.15, 0.2) is 5.78 Å². The Morgan fingerprint density at radius 1 is 1.16 bits per heavy atom. The average Bonchev–Trinajstić information content (AvgIpc) is 3.47. The minimum Gasteiger partial charge on any atom is -0.374 e. The second kappa shape index (κ2) is 12.1. The largest absolute Gasteiger partial charge is 0.374 e. The summed E-state index contributed by atoms with van der Waals surface area (Å²) in [5, 5.41) is 3.51. The first-order chi connectivity index (χ1) is 18.2. The molecule has 0 spiro atoms. The van der Waals surface area contributed by atoms with E-state index in [4.69, 9.17) is 16.3 Å². The molecule has 0 radical (unpaired) electrons. The molecule has 1 aliphatic heterocycles. The molecule has 0 saturated carbocycles. The number of amides is 2. The zero-order chi connectivity index (χ0) is 27.4. The standard InChI is InChI=1S/C28H32ClFN4O4/c1-18(35)21-16-33(23-10-5-4-8-20(21)23)17-25(36)34-12-11-24(38-14-13-32(2)3)27(34)28(37)31-15-19-7-6-9-22(29)26(19)30/h4-10,16,24,27H,11-15,17H2,1-3H3,(H,31,37)/t24-,27+/m1/s1. The highest BCUT2D eigenvalue weighted by molar-refractivity contribution is 6.30. The van der Waals surface area contributed by atoms with E-state index >= 15 is 0 Å². The molecule has 10 heteroatoms. The molecule has 2 heterocycles. The van der Waals surface area contributed by atoms with Crippen LogP contribution in [0.1, 0.15) is 29.3 Å². The fourth-order valence-electron chi connectivity index (χ4n) is 4.78. The van der Waals surface area contributed by atoms with Gasteiger partial charge in [0, 0.05) is 47.9 Å². The van der Waals surface area contributed by atoms with E-state index in [1.165, 1.54) is 17.9 Å². The van der Waals surface area contributed by atoms with Gasteiger partial charge >= 0.3 is 0 Å². The second-order valence-electron chi connectivity index (χ2n) is 9.71. The SMILES string of the molecule is CC(=O)c1cn(CC(=O)N2CC[C@@H](OCCN(C)C)[C@H]2C(=O)NCc2cccc(Cl)c2F)c2ccccc12. The molecule has 0 unspecified atom stereocenters. The maximum Gasteiger partial charge on any atom is 0.245 e. The third-order valence-electron chi connectivity index (χ3n) is 6.76. The maximum absolute atomic E-state index is 14.4. The van der Waals surface area contributed by atoms with Crippen molar-refractivity contribution >= 4 is 40.1 Å². The van der Waals surface area contributed by atoms with E-state index in [9.17, 15) is 18.8 Å². The molecular formula is C28H32ClFN4O4. The summed E-state index contributed by atoms with van der Waals surface area (Å²) in [4.78, 5) is 42.6. The van der Waals surface area contributed by atoms with Gasteiger partial charge in [-0.05, 0) is 39.6 Å². The number of hydrogen-bond acceptors (Lipinski definition) is 5. The van der Waals surface area contributed by atoms with Crippen molar-refractivity contribution in [2.75, 3.05) is 33.8 Å². The molecule has 2 atom stereocenters. The summed E-state index contributed by atoms with van der Waals surface area (Å²) in [6.45, 7) is 2.79. The Bertz CT molecular complexity index is 1340. The minimum absolute atomic E-state index is 0.0248. The van der Waals surface area contributed by atoms with Crippen LogP contribution in [0.5, 0.6) is 0 Å². The molecule has 1 saturated heterocycles. The minimum atomic E-state index is -0.874. The summed E-state index contributed by atoms with van der Waals surface area (Å²) in [7, 11) is 3.85. The Hall–Kier alpha value is -3.27. The van der Waals surface area contributed by atoms with Crippen LogP contribution in [0.2, 0.25) is 5.02 Å². The summed E-state index contributed by atoms with van der Waals surface area (Å²) in [6.07, 6.45) is 1.68. The van der Waals surface area contributed by atoms with E-state index in [2.05, 4.69) is 5.32 Å². The van der Waals surface area contributed by atoms with E-state index in [-0.39, 0.29) is 35.4 Å². The zero-order valence-corrected chi connectivity index (χ0v) is 22.5. The predicted molar refractivity (Wildman–Crippen MR) is 144 cm³/mol. The highest BCUT2D eigenvalue weighted by Crippen LogP contribution is 2.26. The molecule has 2 aromatic carbocycles. The predicted octanol–water partition coefficient (Wildman–Crippen LogP) is 3.50. The number of benzene rings is 2. The van der Waals surface area contributed by atoms with E-state index in [0.29, 0.717) is 31.7 Å². The number of nitrogens with zero attached hydrogens (tertiary/aromatic N) is 3. The summed E-state index contributed by atoms with van der Waals surface area (Å²) in [5.74, 6) is -1.37. The molecule has 1 fully saturated rings. The number of aromatic nitrogens is 1. The Balaban J connectivity index is 1.54. The van der Waals surface area contributed by atoms with Crippen molar-refractivity contribution in [1.29, 1.82) is 0 Å². The van der Waals surface area contributed by atoms with Crippen molar-refractivity contribution in [3.8, 4) is 0 Å². The van der Waals surface area contributed by atoms with Gasteiger partial charge in [-0.25, -0.2) is 4.39 Å². The number of carbonyl (C=O) groups is 3. The number of fused-ring (bicyclic) bond motifs is 1. The van der Waals surface area contributed by atoms with Crippen molar-refractivity contribution < 1.29 is 23.5 Å². The molecule has 1 aromatic heterocycles. The molecule has 4 rings (SSSR count). The molecular weight excluding hydrogens is 511 g/mol. The molecule has 0 aliphatic carbocycles. The Morgan fingerprint density at radius 2 is 1.92 bits per heavy atom. The molecule has 8 nitrogen and oxygen atoms in total. The molecule has 3 aromatic rings. The number of carbonyl (C=O) groups excluding carboxylic acids is 3. The highest BCUT2D eigenvalue weighted by atomic mass is 35.5. The summed E-state index contributed by atoms with van der Waals surface area (Å²) in [5.41, 5.74) is 1.56. The molecule has 2 amide bonds. The van der Waals surface area contributed by atoms with Crippen LogP contribution >= 0.6 is 11.6 Å². The van der Waals surface area contributed by atoms with Crippen LogP contribution < -0.4 is 5.32 Å². The van der Waals surface area contributed by atoms with Crippen LogP contribution in [-0.2, 0) is 27.4 Å². The number of likely N-dealkylation sites (tertiary alicyclic amines) is 1. The summed E-state index contributed by atoms with van der Waals surface area (Å²) in [6, 6.07) is 11.1. The number of rotatable bonds is 10. The monoisotopic (exact) mass is 542 g/mol. The van der Waals surface area contributed by atoms with Gasteiger partial charge in [-0.3, -0.25) is 14.4 Å². The lowest BCUT2D eigenvalue weighted by molar-refractivity contribution is -0.142. The summed E-state index contributed by atoms with van der Waals surface area (Å²) >= 11 is 5.88. The third kappa shape index (κ3) is 6.06. The van der Waals surface area contributed by atoms with Gasteiger partial charge < -0.3 is 24.4 Å². The number of Topliss-reactive ketones (excluding diaryl/α,β-unsaturated/α-hetero) is 1. The van der Waals surface area contributed by atoms with Gasteiger partial charge in [0.1, 0.15) is 18.4 Å². The van der Waals surface area contributed by atoms with Crippen molar-refractivity contribution in [2.45, 2.75) is 38.6 Å². The number of para-hydroxylation sites is 1. The van der Waals surface area contributed by atoms with Crippen LogP contribution in [0.15, 0.2) is 48.7 Å². The number of hydrogen-bond donors (Lipinski definition) is 1. The zero-order valence-electron chi connectivity index (χ0n) is 21.7. The van der Waals surface area contributed by atoms with Crippen molar-refractivity contribution in [1.82, 2.24) is 19.7 Å². The van der Waals surface area contributed by atoms with Crippen molar-refractivity contribution in [2.24, 2.45) is 0 Å². The van der Waals surface area contributed by atoms with Crippen LogP contribution in [-0.4, -0.2) is 77.9 Å². The van der Waals surface area contributed by atoms with Gasteiger partial charge in [0.25, 0.3) is 0 Å². The molecule has 0 bridgehead atoms. The number of ketones is 1. The number of ether oxygens (including phenoxy) is 1. The number of halogens is 2. The average molecular weight is 543 g/mol. The first-order valence-electron chi connectivity index (χ1n) is 12.5. The Kier molecular flexibility index (Phi) is 8.81. The lowest BCUT2D eigenvalue weighted by Crippen LogP contribution is -2.51. The van der Waals surface area contributed by atoms with E-state index in [1.807, 2.05) is 43.3 Å². The second-order valence-corrected chi connectivity index (χ2v) is 10.1. The quantitative estimate of drug-likeness (QED) is 0.396. The van der Waals surface area contributed by atoms with Gasteiger partial charge in [-0.1, -0.05) is 41.9 Å². The first-order valence-corrected chi connectivity index (χ1v) is 12.9. The van der Waals surface area contributed by atoms with E-state index < -0.39 is 23.9 Å². The maximum atomic E-state index is 14.4. The summed E-state index contributed by atoms with van der Waals surface area (Å²) < 4.78 is 22.2. The number of nitrogens with one attached hydrogen (secondary N) is 1. The lowest BCUT2D eigenvalue weighted by atomic mass is 10.1. The normalized spacial score (nSPS) is 17.4. The van der Waals surface area contributed by atoms with Gasteiger partial charge in [-0.2, -0.15) is 0 Å². The molecule has 1 aliphatic rings. The Morgan fingerprint density at radius 3 is 2.66 bits per heavy atom. The fraction of sp³-hybridized carbons (Fsp3) is 0.393. The van der Waals surface area contributed by atoms with E-state index in [1.54, 1.807) is 22.9 Å². The molecule has 1 N–H and O–H groups in total. The van der Waals surface area contributed by atoms with Gasteiger partial charge in [-0.15, -0.1) is 0 Å². The third-order valence-corrected chi connectivity index (χ3v) is 7.05. The number of likely N-dealkylation sites (N-methyl/N-ethyl adjacent to an activating group) is 1. The Labute approximate surface area is 226 Å². The van der Waals surface area contributed by atoms with Crippen LogP contribution in [0, 0.1) is 5.82 Å². The molecule has 38 heavy (non-hydrogen) atoms. The smallest absolute Gasteiger partial charge is 0.245 e. The topological polar surface area (TPSA) is 83.9 Å². The van der Waals surface area contributed by atoms with Gasteiger partial charge in [0.2, 0.25) is 11.8 Å². The van der Waals surface area contributed by atoms with Crippen LogP contribution in [0.25, 0.3) is 10.9 Å². The van der Waals surface area contributed by atoms with Crippen molar-refractivity contribution in [3.63, 3.8) is 0 Å². The van der Waals surface area contributed by atoms with Gasteiger partial charge in [0.05, 0.1) is 17.7 Å². The van der Waals surface area contributed by atoms with E-state index in [0.717, 1.165) is 10.9 Å². The molecule has 202 valence electrons. The fourth-order valence-corrected chi connectivity index (χ4v) is 4.98. The van der Waals surface area contributed by atoms with Crippen LogP contribution in [0.3, 0.4) is 0 Å². The first kappa shape index (κ1) is 27.8. The van der Waals surface area contributed by atoms with Crippen molar-refractivity contribution in [3.05, 3.63) is 70.6 Å².